The minimum absolute atomic E-state index is 0.380. The fourth-order valence-corrected chi connectivity index (χ4v) is 1.08. The first-order valence-corrected chi connectivity index (χ1v) is 3.37. The molecule has 1 heterocycles. The van der Waals surface area contributed by atoms with Crippen molar-refractivity contribution < 1.29 is 9.32 Å². The van der Waals surface area contributed by atoms with Gasteiger partial charge in [-0.05, 0) is 12.8 Å². The van der Waals surface area contributed by atoms with Gasteiger partial charge in [0.25, 0.3) is 0 Å². The van der Waals surface area contributed by atoms with Crippen LogP contribution >= 0.6 is 0 Å². The van der Waals surface area contributed by atoms with Crippen molar-refractivity contribution in [2.75, 3.05) is 0 Å². The molecule has 0 saturated heterocycles. The highest BCUT2D eigenvalue weighted by molar-refractivity contribution is 5.38. The van der Waals surface area contributed by atoms with Gasteiger partial charge in [0.2, 0.25) is 6.08 Å². The Morgan fingerprint density at radius 1 is 1.73 bits per heavy atom. The Kier molecular flexibility index (Phi) is 1.17. The zero-order valence-corrected chi connectivity index (χ0v) is 5.78. The van der Waals surface area contributed by atoms with Gasteiger partial charge in [0.1, 0.15) is 17.5 Å². The van der Waals surface area contributed by atoms with Crippen LogP contribution in [-0.2, 0) is 10.3 Å². The average molecular weight is 150 g/mol. The van der Waals surface area contributed by atoms with E-state index in [-0.39, 0.29) is 5.54 Å². The summed E-state index contributed by atoms with van der Waals surface area (Å²) in [5.74, 6) is 0. The Hall–Kier alpha value is -1.41. The standard InChI is InChI=1S/C7H6N2O2/c10-5-8-7(2-3-7)6-1-4-11-9-6/h1,4H,2-3H2. The predicted molar refractivity (Wildman–Crippen MR) is 35.5 cm³/mol. The molecule has 1 fully saturated rings. The van der Waals surface area contributed by atoms with Crippen molar-refractivity contribution in [3.8, 4) is 0 Å². The number of carbonyl (C=O) groups excluding carboxylic acids is 1. The van der Waals surface area contributed by atoms with Gasteiger partial charge in [-0.25, -0.2) is 4.79 Å². The minimum Gasteiger partial charge on any atom is -0.364 e. The summed E-state index contributed by atoms with van der Waals surface area (Å²) < 4.78 is 4.65. The minimum atomic E-state index is -0.380. The van der Waals surface area contributed by atoms with Gasteiger partial charge in [-0.1, -0.05) is 5.16 Å². The third kappa shape index (κ3) is 0.880. The fraction of sp³-hybridized carbons (Fsp3) is 0.429. The molecule has 11 heavy (non-hydrogen) atoms. The van der Waals surface area contributed by atoms with E-state index >= 15 is 0 Å². The first-order valence-electron chi connectivity index (χ1n) is 3.37. The zero-order valence-electron chi connectivity index (χ0n) is 5.78. The van der Waals surface area contributed by atoms with Gasteiger partial charge in [0, 0.05) is 6.07 Å². The lowest BCUT2D eigenvalue weighted by molar-refractivity contribution is 0.403. The lowest BCUT2D eigenvalue weighted by atomic mass is 10.2. The van der Waals surface area contributed by atoms with E-state index < -0.39 is 0 Å². The molecule has 0 radical (unpaired) electrons. The summed E-state index contributed by atoms with van der Waals surface area (Å²) in [7, 11) is 0. The molecule has 0 atom stereocenters. The summed E-state index contributed by atoms with van der Waals surface area (Å²) in [5, 5.41) is 3.72. The number of hydrogen-bond acceptors (Lipinski definition) is 4. The van der Waals surface area contributed by atoms with Crippen LogP contribution in [0.3, 0.4) is 0 Å². The van der Waals surface area contributed by atoms with E-state index in [9.17, 15) is 4.79 Å². The maximum atomic E-state index is 10.0. The molecule has 4 nitrogen and oxygen atoms in total. The van der Waals surface area contributed by atoms with Crippen LogP contribution in [0.15, 0.2) is 21.8 Å². The number of rotatable bonds is 2. The summed E-state index contributed by atoms with van der Waals surface area (Å²) >= 11 is 0. The molecule has 0 spiro atoms. The van der Waals surface area contributed by atoms with Crippen LogP contribution in [0.25, 0.3) is 0 Å². The van der Waals surface area contributed by atoms with Gasteiger partial charge in [-0.2, -0.15) is 4.99 Å². The first kappa shape index (κ1) is 6.31. The second kappa shape index (κ2) is 2.04. The van der Waals surface area contributed by atoms with E-state index in [1.54, 1.807) is 12.1 Å². The summed E-state index contributed by atoms with van der Waals surface area (Å²) in [6, 6.07) is 1.73. The molecule has 4 heteroatoms. The molecule has 1 aromatic rings. The Balaban J connectivity index is 2.35. The molecule has 0 amide bonds. The van der Waals surface area contributed by atoms with Crippen molar-refractivity contribution in [2.45, 2.75) is 18.4 Å². The molecule has 2 rings (SSSR count). The van der Waals surface area contributed by atoms with Crippen molar-refractivity contribution in [2.24, 2.45) is 4.99 Å². The van der Waals surface area contributed by atoms with E-state index in [1.165, 1.54) is 6.26 Å². The molecule has 1 aliphatic carbocycles. The highest BCUT2D eigenvalue weighted by Crippen LogP contribution is 2.48. The van der Waals surface area contributed by atoms with E-state index in [4.69, 9.17) is 0 Å². The molecule has 0 bridgehead atoms. The lowest BCUT2D eigenvalue weighted by Crippen LogP contribution is -2.01. The van der Waals surface area contributed by atoms with Crippen molar-refractivity contribution in [3.63, 3.8) is 0 Å². The SMILES string of the molecule is O=C=NC1(c2ccon2)CC1. The van der Waals surface area contributed by atoms with Gasteiger partial charge in [0.05, 0.1) is 0 Å². The number of nitrogens with zero attached hydrogens (tertiary/aromatic N) is 2. The second-order valence-corrected chi connectivity index (χ2v) is 2.62. The van der Waals surface area contributed by atoms with Crippen LogP contribution in [0.2, 0.25) is 0 Å². The van der Waals surface area contributed by atoms with Gasteiger partial charge in [-0.15, -0.1) is 0 Å². The lowest BCUT2D eigenvalue weighted by Gasteiger charge is -1.98. The van der Waals surface area contributed by atoms with Crippen LogP contribution in [0.4, 0.5) is 0 Å². The predicted octanol–water partition coefficient (Wildman–Crippen LogP) is 1.000. The Bertz CT molecular complexity index is 294. The smallest absolute Gasteiger partial charge is 0.235 e. The van der Waals surface area contributed by atoms with Crippen molar-refractivity contribution in [3.05, 3.63) is 18.0 Å². The molecular weight excluding hydrogens is 144 g/mol. The second-order valence-electron chi connectivity index (χ2n) is 2.62. The molecule has 1 aromatic heterocycles. The van der Waals surface area contributed by atoms with Gasteiger partial charge < -0.3 is 4.52 Å². The first-order chi connectivity index (χ1) is 5.37. The maximum Gasteiger partial charge on any atom is 0.235 e. The third-order valence-electron chi connectivity index (χ3n) is 1.90. The quantitative estimate of drug-likeness (QED) is 0.466. The van der Waals surface area contributed by atoms with Gasteiger partial charge >= 0.3 is 0 Å². The van der Waals surface area contributed by atoms with Crippen molar-refractivity contribution in [1.29, 1.82) is 0 Å². The maximum absolute atomic E-state index is 10.0. The van der Waals surface area contributed by atoms with Crippen molar-refractivity contribution in [1.82, 2.24) is 5.16 Å². The van der Waals surface area contributed by atoms with E-state index in [0.29, 0.717) is 0 Å². The topological polar surface area (TPSA) is 55.5 Å². The molecule has 1 saturated carbocycles. The summed E-state index contributed by atoms with van der Waals surface area (Å²) in [4.78, 5) is 13.7. The third-order valence-corrected chi connectivity index (χ3v) is 1.90. The highest BCUT2D eigenvalue weighted by atomic mass is 16.5. The highest BCUT2D eigenvalue weighted by Gasteiger charge is 2.47. The zero-order chi connectivity index (χ0) is 7.73. The monoisotopic (exact) mass is 150 g/mol. The van der Waals surface area contributed by atoms with Crippen LogP contribution < -0.4 is 0 Å². The summed E-state index contributed by atoms with van der Waals surface area (Å²) in [6.45, 7) is 0. The number of aliphatic imine (C=N–C) groups is 1. The molecule has 56 valence electrons. The summed E-state index contributed by atoms with van der Waals surface area (Å²) in [5.41, 5.74) is 0.357. The van der Waals surface area contributed by atoms with Crippen LogP contribution in [0.1, 0.15) is 18.5 Å². The normalized spacial score (nSPS) is 18.9. The fourth-order valence-electron chi connectivity index (χ4n) is 1.08. The van der Waals surface area contributed by atoms with Crippen LogP contribution in [0.5, 0.6) is 0 Å². The van der Waals surface area contributed by atoms with Crippen LogP contribution in [0, 0.1) is 0 Å². The Labute approximate surface area is 62.9 Å². The molecule has 1 aliphatic rings. The number of aromatic nitrogens is 1. The van der Waals surface area contributed by atoms with E-state index in [2.05, 4.69) is 14.7 Å². The van der Waals surface area contributed by atoms with E-state index in [0.717, 1.165) is 18.5 Å². The van der Waals surface area contributed by atoms with Gasteiger partial charge in [0.15, 0.2) is 0 Å². The molecule has 0 aromatic carbocycles. The number of isocyanates is 1. The molecule has 0 aliphatic heterocycles. The van der Waals surface area contributed by atoms with Crippen LogP contribution in [-0.4, -0.2) is 11.2 Å². The Morgan fingerprint density at radius 3 is 3.00 bits per heavy atom. The molecular formula is C7H6N2O2. The average Bonchev–Trinajstić information content (AvgIpc) is 2.63. The number of hydrogen-bond donors (Lipinski definition) is 0. The van der Waals surface area contributed by atoms with Gasteiger partial charge in [-0.3, -0.25) is 0 Å². The largest absolute Gasteiger partial charge is 0.364 e. The van der Waals surface area contributed by atoms with E-state index in [1.807, 2.05) is 0 Å². The molecule has 0 N–H and O–H groups in total. The van der Waals surface area contributed by atoms with Crippen molar-refractivity contribution >= 4 is 6.08 Å². The molecule has 0 unspecified atom stereocenters. The summed E-state index contributed by atoms with van der Waals surface area (Å²) in [6.07, 6.45) is 4.77. The Morgan fingerprint density at radius 2 is 2.55 bits per heavy atom.